The number of para-hydroxylation sites is 1. The predicted molar refractivity (Wildman–Crippen MR) is 84.3 cm³/mol. The van der Waals surface area contributed by atoms with Gasteiger partial charge in [0.15, 0.2) is 0 Å². The van der Waals surface area contributed by atoms with Crippen LogP contribution in [0.4, 0.5) is 5.69 Å². The minimum Gasteiger partial charge on any atom is -0.481 e. The summed E-state index contributed by atoms with van der Waals surface area (Å²) in [5, 5.41) is 18.0. The van der Waals surface area contributed by atoms with Crippen LogP contribution in [0.1, 0.15) is 38.7 Å². The molecule has 4 heteroatoms. The molecule has 0 radical (unpaired) electrons. The van der Waals surface area contributed by atoms with Crippen molar-refractivity contribution in [2.45, 2.75) is 40.0 Å². The summed E-state index contributed by atoms with van der Waals surface area (Å²) in [6.45, 7) is 7.16. The molecule has 0 spiro atoms. The Kier molecular flexibility index (Phi) is 6.23. The Balaban J connectivity index is 2.72. The third-order valence-corrected chi connectivity index (χ3v) is 3.58. The van der Waals surface area contributed by atoms with Crippen LogP contribution in [0.25, 0.3) is 0 Å². The summed E-state index contributed by atoms with van der Waals surface area (Å²) in [7, 11) is 0. The van der Waals surface area contributed by atoms with Crippen LogP contribution in [0.2, 0.25) is 0 Å². The number of nitrogens with zero attached hydrogens (tertiary/aromatic N) is 2. The van der Waals surface area contributed by atoms with Gasteiger partial charge in [0.05, 0.1) is 17.9 Å². The fourth-order valence-electron chi connectivity index (χ4n) is 2.27. The predicted octanol–water partition coefficient (Wildman–Crippen LogP) is 3.61. The molecule has 0 aliphatic rings. The molecule has 0 aromatic heterocycles. The van der Waals surface area contributed by atoms with E-state index in [4.69, 9.17) is 10.4 Å². The first-order chi connectivity index (χ1) is 9.85. The van der Waals surface area contributed by atoms with Gasteiger partial charge in [-0.25, -0.2) is 0 Å². The van der Waals surface area contributed by atoms with Gasteiger partial charge in [0.2, 0.25) is 0 Å². The quantitative estimate of drug-likeness (QED) is 0.793. The number of hydrogen-bond donors (Lipinski definition) is 1. The molecule has 114 valence electrons. The molecule has 0 amide bonds. The maximum atomic E-state index is 10.8. The smallest absolute Gasteiger partial charge is 0.305 e. The van der Waals surface area contributed by atoms with E-state index in [0.29, 0.717) is 6.54 Å². The maximum Gasteiger partial charge on any atom is 0.305 e. The Morgan fingerprint density at radius 1 is 1.33 bits per heavy atom. The second kappa shape index (κ2) is 7.68. The molecular formula is C17H24N2O2. The Morgan fingerprint density at radius 3 is 2.57 bits per heavy atom. The Bertz CT molecular complexity index is 518. The lowest BCUT2D eigenvalue weighted by Gasteiger charge is -2.27. The highest BCUT2D eigenvalue weighted by Crippen LogP contribution is 2.24. The monoisotopic (exact) mass is 288 g/mol. The maximum absolute atomic E-state index is 10.8. The minimum absolute atomic E-state index is 0.121. The first kappa shape index (κ1) is 17.0. The van der Waals surface area contributed by atoms with E-state index >= 15 is 0 Å². The second-order valence-corrected chi connectivity index (χ2v) is 6.02. The Hall–Kier alpha value is -2.02. The second-order valence-electron chi connectivity index (χ2n) is 6.02. The van der Waals surface area contributed by atoms with E-state index in [1.807, 2.05) is 45.0 Å². The van der Waals surface area contributed by atoms with Crippen LogP contribution in [0, 0.1) is 23.7 Å². The molecule has 21 heavy (non-hydrogen) atoms. The molecule has 0 saturated heterocycles. The summed E-state index contributed by atoms with van der Waals surface area (Å²) >= 11 is 0. The molecule has 0 unspecified atom stereocenters. The summed E-state index contributed by atoms with van der Waals surface area (Å²) in [6.07, 6.45) is 1.80. The number of aliphatic carboxylic acids is 1. The summed E-state index contributed by atoms with van der Waals surface area (Å²) in [5.74, 6) is -0.786. The van der Waals surface area contributed by atoms with Crippen molar-refractivity contribution >= 4 is 11.7 Å². The number of aryl methyl sites for hydroxylation is 1. The van der Waals surface area contributed by atoms with Crippen molar-refractivity contribution in [2.75, 3.05) is 18.0 Å². The van der Waals surface area contributed by atoms with E-state index in [-0.39, 0.29) is 11.8 Å². The number of carboxylic acid groups (broad SMARTS) is 1. The summed E-state index contributed by atoms with van der Waals surface area (Å²) < 4.78 is 0. The van der Waals surface area contributed by atoms with E-state index in [1.54, 1.807) is 0 Å². The van der Waals surface area contributed by atoms with Gasteiger partial charge in [0, 0.05) is 18.8 Å². The molecule has 0 heterocycles. The third-order valence-electron chi connectivity index (χ3n) is 3.58. The van der Waals surface area contributed by atoms with Gasteiger partial charge in [-0.2, -0.15) is 5.26 Å². The van der Waals surface area contributed by atoms with Gasteiger partial charge < -0.3 is 10.0 Å². The SMILES string of the molecule is Cc1ccccc1N(CCCC(C)(C)C#N)CCC(=O)O. The van der Waals surface area contributed by atoms with Gasteiger partial charge in [0.25, 0.3) is 0 Å². The lowest BCUT2D eigenvalue weighted by molar-refractivity contribution is -0.136. The summed E-state index contributed by atoms with van der Waals surface area (Å²) in [5.41, 5.74) is 1.89. The average Bonchev–Trinajstić information content (AvgIpc) is 2.43. The molecule has 4 nitrogen and oxygen atoms in total. The standard InChI is InChI=1S/C17H24N2O2/c1-14-7-4-5-8-15(14)19(12-9-16(20)21)11-6-10-17(2,3)13-18/h4-5,7-8H,6,9-12H2,1-3H3,(H,20,21). The highest BCUT2D eigenvalue weighted by atomic mass is 16.4. The number of benzene rings is 1. The zero-order chi connectivity index (χ0) is 15.9. The first-order valence-electron chi connectivity index (χ1n) is 7.29. The van der Waals surface area contributed by atoms with Crippen molar-refractivity contribution in [3.8, 4) is 6.07 Å². The zero-order valence-corrected chi connectivity index (χ0v) is 13.1. The van der Waals surface area contributed by atoms with Gasteiger partial charge in [-0.1, -0.05) is 18.2 Å². The van der Waals surface area contributed by atoms with Crippen molar-refractivity contribution in [2.24, 2.45) is 5.41 Å². The minimum atomic E-state index is -0.786. The van der Waals surface area contributed by atoms with Crippen LogP contribution in [-0.2, 0) is 4.79 Å². The zero-order valence-electron chi connectivity index (χ0n) is 13.1. The fourth-order valence-corrected chi connectivity index (χ4v) is 2.27. The number of carboxylic acids is 1. The van der Waals surface area contributed by atoms with Crippen LogP contribution in [0.3, 0.4) is 0 Å². The molecule has 0 atom stereocenters. The van der Waals surface area contributed by atoms with Crippen LogP contribution in [0.5, 0.6) is 0 Å². The molecule has 1 aromatic carbocycles. The van der Waals surface area contributed by atoms with E-state index in [9.17, 15) is 4.79 Å². The largest absolute Gasteiger partial charge is 0.481 e. The van der Waals surface area contributed by atoms with Crippen LogP contribution in [0.15, 0.2) is 24.3 Å². The number of rotatable bonds is 8. The molecule has 0 saturated carbocycles. The van der Waals surface area contributed by atoms with Crippen LogP contribution < -0.4 is 4.90 Å². The van der Waals surface area contributed by atoms with Crippen molar-refractivity contribution < 1.29 is 9.90 Å². The number of hydrogen-bond acceptors (Lipinski definition) is 3. The van der Waals surface area contributed by atoms with Gasteiger partial charge in [-0.05, 0) is 45.2 Å². The summed E-state index contributed by atoms with van der Waals surface area (Å²) in [6, 6.07) is 10.3. The van der Waals surface area contributed by atoms with Gasteiger partial charge in [0.1, 0.15) is 0 Å². The highest BCUT2D eigenvalue weighted by Gasteiger charge is 2.17. The van der Waals surface area contributed by atoms with Crippen molar-refractivity contribution in [1.82, 2.24) is 0 Å². The Labute approximate surface area is 127 Å². The van der Waals surface area contributed by atoms with Gasteiger partial charge in [-0.3, -0.25) is 4.79 Å². The van der Waals surface area contributed by atoms with Crippen LogP contribution >= 0.6 is 0 Å². The molecule has 0 aliphatic heterocycles. The molecule has 1 N–H and O–H groups in total. The first-order valence-corrected chi connectivity index (χ1v) is 7.29. The topological polar surface area (TPSA) is 64.3 Å². The molecular weight excluding hydrogens is 264 g/mol. The van der Waals surface area contributed by atoms with Gasteiger partial charge in [-0.15, -0.1) is 0 Å². The number of anilines is 1. The molecule has 0 fully saturated rings. The van der Waals surface area contributed by atoms with E-state index in [2.05, 4.69) is 11.0 Å². The molecule has 0 bridgehead atoms. The molecule has 1 rings (SSSR count). The average molecular weight is 288 g/mol. The lowest BCUT2D eigenvalue weighted by Crippen LogP contribution is -2.28. The highest BCUT2D eigenvalue weighted by molar-refractivity contribution is 5.68. The lowest BCUT2D eigenvalue weighted by atomic mass is 9.90. The molecule has 1 aromatic rings. The summed E-state index contributed by atoms with van der Waals surface area (Å²) in [4.78, 5) is 12.9. The number of nitriles is 1. The number of carbonyl (C=O) groups is 1. The van der Waals surface area contributed by atoms with E-state index in [0.717, 1.165) is 30.6 Å². The van der Waals surface area contributed by atoms with Gasteiger partial charge >= 0.3 is 5.97 Å². The Morgan fingerprint density at radius 2 is 2.00 bits per heavy atom. The fraction of sp³-hybridized carbons (Fsp3) is 0.529. The van der Waals surface area contributed by atoms with E-state index in [1.165, 1.54) is 0 Å². The third kappa shape index (κ3) is 5.86. The van der Waals surface area contributed by atoms with Crippen molar-refractivity contribution in [1.29, 1.82) is 5.26 Å². The van der Waals surface area contributed by atoms with E-state index < -0.39 is 5.97 Å². The normalized spacial score (nSPS) is 11.0. The van der Waals surface area contributed by atoms with Crippen molar-refractivity contribution in [3.05, 3.63) is 29.8 Å². The molecule has 0 aliphatic carbocycles. The van der Waals surface area contributed by atoms with Crippen molar-refractivity contribution in [3.63, 3.8) is 0 Å². The van der Waals surface area contributed by atoms with Crippen LogP contribution in [-0.4, -0.2) is 24.2 Å².